The zero-order valence-electron chi connectivity index (χ0n) is 17.8. The van der Waals surface area contributed by atoms with E-state index >= 15 is 0 Å². The zero-order chi connectivity index (χ0) is 20.9. The Labute approximate surface area is 184 Å². The molecule has 0 saturated heterocycles. The van der Waals surface area contributed by atoms with Gasteiger partial charge < -0.3 is 0 Å². The molecular formula is C31H24. The van der Waals surface area contributed by atoms with Gasteiger partial charge in [0.05, 0.1) is 0 Å². The summed E-state index contributed by atoms with van der Waals surface area (Å²) in [5, 5.41) is 0. The molecule has 0 heterocycles. The molecule has 0 radical (unpaired) electrons. The minimum atomic E-state index is 0.990. The van der Waals surface area contributed by atoms with Crippen LogP contribution in [0.5, 0.6) is 0 Å². The Hall–Kier alpha value is -3.64. The largest absolute Gasteiger partial charge is 0.0911 e. The first kappa shape index (κ1) is 18.2. The third-order valence-electron chi connectivity index (χ3n) is 6.86. The van der Waals surface area contributed by atoms with Crippen molar-refractivity contribution in [2.75, 3.05) is 0 Å². The van der Waals surface area contributed by atoms with E-state index in [0.717, 1.165) is 18.4 Å². The minimum Gasteiger partial charge on any atom is -0.0911 e. The van der Waals surface area contributed by atoms with E-state index in [9.17, 15) is 0 Å². The summed E-state index contributed by atoms with van der Waals surface area (Å²) >= 11 is 0. The average molecular weight is 397 g/mol. The standard InChI is InChI=1S/C31H24/c1-20(24-13-7-15-28-26-11-5-3-9-22(26)18-30(24)28)17-21(2)25-14-8-16-29-27-12-6-4-10-23(27)19-31(25)29/h3-17H,1,18-19H2,2H3. The smallest absolute Gasteiger partial charge is 0.000729 e. The Morgan fingerprint density at radius 1 is 0.613 bits per heavy atom. The molecule has 0 aromatic heterocycles. The normalized spacial score (nSPS) is 13.4. The van der Waals surface area contributed by atoms with Gasteiger partial charge in [-0.05, 0) is 86.5 Å². The van der Waals surface area contributed by atoms with Crippen molar-refractivity contribution in [3.63, 3.8) is 0 Å². The lowest BCUT2D eigenvalue weighted by Gasteiger charge is -2.12. The summed E-state index contributed by atoms with van der Waals surface area (Å²) < 4.78 is 0. The van der Waals surface area contributed by atoms with Gasteiger partial charge in [0, 0.05) is 0 Å². The summed E-state index contributed by atoms with van der Waals surface area (Å²) in [5.41, 5.74) is 16.1. The molecule has 0 atom stereocenters. The van der Waals surface area contributed by atoms with Crippen LogP contribution in [0.4, 0.5) is 0 Å². The lowest BCUT2D eigenvalue weighted by atomic mass is 9.92. The molecule has 0 heteroatoms. The molecule has 0 bridgehead atoms. The molecule has 4 aromatic carbocycles. The Balaban J connectivity index is 1.39. The predicted molar refractivity (Wildman–Crippen MR) is 132 cm³/mol. The van der Waals surface area contributed by atoms with Crippen LogP contribution in [0.25, 0.3) is 33.4 Å². The van der Waals surface area contributed by atoms with Gasteiger partial charge in [-0.15, -0.1) is 0 Å². The summed E-state index contributed by atoms with van der Waals surface area (Å²) in [4.78, 5) is 0. The summed E-state index contributed by atoms with van der Waals surface area (Å²) in [6.07, 6.45) is 4.27. The fourth-order valence-electron chi connectivity index (χ4n) is 5.40. The number of hydrogen-bond donors (Lipinski definition) is 0. The fraction of sp³-hybridized carbons (Fsp3) is 0.0968. The van der Waals surface area contributed by atoms with Crippen LogP contribution in [0.3, 0.4) is 0 Å². The van der Waals surface area contributed by atoms with Crippen LogP contribution in [-0.4, -0.2) is 0 Å². The van der Waals surface area contributed by atoms with E-state index in [0.29, 0.717) is 0 Å². The van der Waals surface area contributed by atoms with Crippen molar-refractivity contribution in [1.82, 2.24) is 0 Å². The molecule has 148 valence electrons. The molecule has 6 rings (SSSR count). The molecule has 0 saturated carbocycles. The summed E-state index contributed by atoms with van der Waals surface area (Å²) in [6.45, 7) is 6.71. The van der Waals surface area contributed by atoms with Gasteiger partial charge in [-0.25, -0.2) is 0 Å². The van der Waals surface area contributed by atoms with Crippen molar-refractivity contribution in [1.29, 1.82) is 0 Å². The van der Waals surface area contributed by atoms with E-state index < -0.39 is 0 Å². The molecule has 0 N–H and O–H groups in total. The quantitative estimate of drug-likeness (QED) is 0.266. The fourth-order valence-corrected chi connectivity index (χ4v) is 5.40. The Morgan fingerprint density at radius 3 is 1.71 bits per heavy atom. The molecule has 4 aromatic rings. The van der Waals surface area contributed by atoms with Crippen molar-refractivity contribution in [2.45, 2.75) is 19.8 Å². The van der Waals surface area contributed by atoms with Crippen LogP contribution in [-0.2, 0) is 12.8 Å². The molecule has 0 aliphatic heterocycles. The Bertz CT molecular complexity index is 1400. The molecule has 0 spiro atoms. The lowest BCUT2D eigenvalue weighted by molar-refractivity contribution is 1.24. The van der Waals surface area contributed by atoms with E-state index in [1.165, 1.54) is 61.2 Å². The van der Waals surface area contributed by atoms with E-state index in [-0.39, 0.29) is 0 Å². The van der Waals surface area contributed by atoms with Gasteiger partial charge in [-0.1, -0.05) is 97.6 Å². The number of allylic oxidation sites excluding steroid dienone is 3. The van der Waals surface area contributed by atoms with Gasteiger partial charge in [0.15, 0.2) is 0 Å². The van der Waals surface area contributed by atoms with Crippen molar-refractivity contribution in [3.8, 4) is 22.3 Å². The van der Waals surface area contributed by atoms with Gasteiger partial charge >= 0.3 is 0 Å². The highest BCUT2D eigenvalue weighted by Crippen LogP contribution is 2.42. The van der Waals surface area contributed by atoms with Crippen molar-refractivity contribution in [3.05, 3.63) is 131 Å². The lowest BCUT2D eigenvalue weighted by Crippen LogP contribution is -1.93. The van der Waals surface area contributed by atoms with E-state index in [4.69, 9.17) is 0 Å². The summed E-state index contributed by atoms with van der Waals surface area (Å²) in [7, 11) is 0. The second-order valence-electron chi connectivity index (χ2n) is 8.68. The van der Waals surface area contributed by atoms with Gasteiger partial charge in [0.1, 0.15) is 0 Å². The van der Waals surface area contributed by atoms with Crippen molar-refractivity contribution >= 4 is 11.1 Å². The maximum absolute atomic E-state index is 4.49. The topological polar surface area (TPSA) is 0 Å². The molecule has 0 amide bonds. The minimum absolute atomic E-state index is 0.990. The third-order valence-corrected chi connectivity index (χ3v) is 6.86. The zero-order valence-corrected chi connectivity index (χ0v) is 17.8. The van der Waals surface area contributed by atoms with Crippen LogP contribution in [0, 0.1) is 0 Å². The monoisotopic (exact) mass is 396 g/mol. The van der Waals surface area contributed by atoms with Crippen molar-refractivity contribution in [2.24, 2.45) is 0 Å². The number of benzene rings is 4. The SMILES string of the molecule is C=C(C=C(C)c1cccc2c1Cc1ccccc1-2)c1cccc2c1Cc1ccccc1-2. The van der Waals surface area contributed by atoms with E-state index in [2.05, 4.69) is 105 Å². The van der Waals surface area contributed by atoms with E-state index in [1.807, 2.05) is 0 Å². The van der Waals surface area contributed by atoms with Crippen LogP contribution in [0.1, 0.15) is 40.3 Å². The molecule has 2 aliphatic rings. The van der Waals surface area contributed by atoms with Crippen molar-refractivity contribution < 1.29 is 0 Å². The van der Waals surface area contributed by atoms with Crippen LogP contribution in [0.2, 0.25) is 0 Å². The van der Waals surface area contributed by atoms with Crippen LogP contribution < -0.4 is 0 Å². The molecular weight excluding hydrogens is 372 g/mol. The molecule has 0 fully saturated rings. The second kappa shape index (κ2) is 6.96. The van der Waals surface area contributed by atoms with Gasteiger partial charge in [-0.3, -0.25) is 0 Å². The van der Waals surface area contributed by atoms with Crippen LogP contribution >= 0.6 is 0 Å². The average Bonchev–Trinajstić information content (AvgIpc) is 3.37. The Morgan fingerprint density at radius 2 is 1.10 bits per heavy atom. The first-order valence-electron chi connectivity index (χ1n) is 11.0. The number of hydrogen-bond acceptors (Lipinski definition) is 0. The van der Waals surface area contributed by atoms with E-state index in [1.54, 1.807) is 0 Å². The second-order valence-corrected chi connectivity index (χ2v) is 8.68. The van der Waals surface area contributed by atoms with Gasteiger partial charge in [0.2, 0.25) is 0 Å². The summed E-state index contributed by atoms with van der Waals surface area (Å²) in [6, 6.07) is 30.9. The highest BCUT2D eigenvalue weighted by Gasteiger charge is 2.22. The molecule has 31 heavy (non-hydrogen) atoms. The highest BCUT2D eigenvalue weighted by atomic mass is 14.3. The number of rotatable bonds is 3. The Kier molecular flexibility index (Phi) is 4.07. The molecule has 0 nitrogen and oxygen atoms in total. The maximum Gasteiger partial charge on any atom is -0.000729 e. The van der Waals surface area contributed by atoms with Gasteiger partial charge in [-0.2, -0.15) is 0 Å². The first-order valence-corrected chi connectivity index (χ1v) is 11.0. The molecule has 0 unspecified atom stereocenters. The maximum atomic E-state index is 4.49. The highest BCUT2D eigenvalue weighted by molar-refractivity contribution is 5.90. The summed E-state index contributed by atoms with van der Waals surface area (Å²) in [5.74, 6) is 0. The molecule has 2 aliphatic carbocycles. The van der Waals surface area contributed by atoms with Crippen LogP contribution in [0.15, 0.2) is 97.6 Å². The van der Waals surface area contributed by atoms with Gasteiger partial charge in [0.25, 0.3) is 0 Å². The third kappa shape index (κ3) is 2.83. The predicted octanol–water partition coefficient (Wildman–Crippen LogP) is 7.95. The number of fused-ring (bicyclic) bond motifs is 6. The first-order chi connectivity index (χ1) is 15.2.